The number of thiocarbonyl (C=S) groups is 1. The number of ether oxygens (including phenoxy) is 1. The molecule has 0 spiro atoms. The molecule has 0 radical (unpaired) electrons. The number of fused-ring (bicyclic) bond motifs is 1. The Balaban J connectivity index is 1.37. The van der Waals surface area contributed by atoms with Crippen LogP contribution in [0.2, 0.25) is 0 Å². The number of nitrogens with one attached hydrogen (secondary N) is 1. The number of hydrogen-bond donors (Lipinski definition) is 1. The highest BCUT2D eigenvalue weighted by atomic mass is 32.2. The molecule has 2 aliphatic heterocycles. The lowest BCUT2D eigenvalue weighted by Gasteiger charge is -2.17. The second-order valence-electron chi connectivity index (χ2n) is 8.90. The molecule has 0 unspecified atom stereocenters. The van der Waals surface area contributed by atoms with Crippen LogP contribution in [-0.2, 0) is 20.8 Å². The van der Waals surface area contributed by atoms with Crippen LogP contribution in [0.3, 0.4) is 0 Å². The second-order valence-corrected chi connectivity index (χ2v) is 10.5. The van der Waals surface area contributed by atoms with Crippen molar-refractivity contribution < 1.29 is 19.1 Å². The first-order valence-corrected chi connectivity index (χ1v) is 13.3. The number of amides is 3. The summed E-state index contributed by atoms with van der Waals surface area (Å²) < 4.78 is 5.61. The molecule has 0 aliphatic carbocycles. The number of anilines is 2. The summed E-state index contributed by atoms with van der Waals surface area (Å²) in [5, 5.41) is 2.88. The van der Waals surface area contributed by atoms with Crippen molar-refractivity contribution >= 4 is 63.0 Å². The summed E-state index contributed by atoms with van der Waals surface area (Å²) in [5.74, 6) is -0.241. The van der Waals surface area contributed by atoms with Gasteiger partial charge < -0.3 is 10.1 Å². The van der Waals surface area contributed by atoms with E-state index in [0.717, 1.165) is 28.6 Å². The van der Waals surface area contributed by atoms with Crippen molar-refractivity contribution in [1.29, 1.82) is 0 Å². The van der Waals surface area contributed by atoms with Crippen LogP contribution < -0.4 is 15.0 Å². The topological polar surface area (TPSA) is 79.0 Å². The molecule has 2 heterocycles. The Labute approximate surface area is 230 Å². The molecule has 3 amide bonds. The number of thioether (sulfide) groups is 1. The number of hydrogen-bond acceptors (Lipinski definition) is 6. The van der Waals surface area contributed by atoms with Crippen LogP contribution in [0.4, 0.5) is 11.4 Å². The van der Waals surface area contributed by atoms with E-state index in [4.69, 9.17) is 17.0 Å². The summed E-state index contributed by atoms with van der Waals surface area (Å²) >= 11 is 6.66. The number of methoxy groups -OCH3 is 1. The summed E-state index contributed by atoms with van der Waals surface area (Å²) in [4.78, 5) is 43.3. The largest absolute Gasteiger partial charge is 0.497 e. The molecule has 3 aromatic carbocycles. The third-order valence-corrected chi connectivity index (χ3v) is 7.95. The molecule has 0 saturated carbocycles. The molecule has 3 aromatic rings. The SMILES string of the molecule is COc1ccc(CCN2C(=O)/C(=C3/C(=O)N(CC(=O)Nc4ccccc4C)c4ccccc43)SC2=S)cc1. The zero-order valence-electron chi connectivity index (χ0n) is 20.9. The molecule has 38 heavy (non-hydrogen) atoms. The third-order valence-electron chi connectivity index (χ3n) is 6.50. The van der Waals surface area contributed by atoms with Crippen LogP contribution in [0.1, 0.15) is 16.7 Å². The van der Waals surface area contributed by atoms with E-state index in [9.17, 15) is 14.4 Å². The van der Waals surface area contributed by atoms with Gasteiger partial charge in [0.1, 0.15) is 16.6 Å². The van der Waals surface area contributed by atoms with Gasteiger partial charge in [-0.1, -0.05) is 72.5 Å². The number of para-hydroxylation sites is 2. The van der Waals surface area contributed by atoms with Gasteiger partial charge in [0, 0.05) is 17.8 Å². The number of benzene rings is 3. The van der Waals surface area contributed by atoms with Gasteiger partial charge >= 0.3 is 0 Å². The van der Waals surface area contributed by atoms with Crippen LogP contribution in [0.5, 0.6) is 5.75 Å². The van der Waals surface area contributed by atoms with E-state index < -0.39 is 0 Å². The van der Waals surface area contributed by atoms with Gasteiger partial charge in [0.05, 0.1) is 23.3 Å². The molecule has 9 heteroatoms. The molecule has 192 valence electrons. The first kappa shape index (κ1) is 25.7. The molecule has 1 fully saturated rings. The van der Waals surface area contributed by atoms with E-state index in [1.807, 2.05) is 61.5 Å². The van der Waals surface area contributed by atoms with Gasteiger partial charge in [-0.3, -0.25) is 24.2 Å². The summed E-state index contributed by atoms with van der Waals surface area (Å²) in [6.45, 7) is 2.12. The fourth-order valence-corrected chi connectivity index (χ4v) is 5.86. The average molecular weight is 544 g/mol. The number of carbonyl (C=O) groups excluding carboxylic acids is 3. The highest BCUT2D eigenvalue weighted by molar-refractivity contribution is 8.26. The van der Waals surface area contributed by atoms with Crippen molar-refractivity contribution in [3.05, 3.63) is 94.4 Å². The first-order chi connectivity index (χ1) is 18.4. The van der Waals surface area contributed by atoms with E-state index >= 15 is 0 Å². The van der Waals surface area contributed by atoms with Gasteiger partial charge in [-0.25, -0.2) is 0 Å². The van der Waals surface area contributed by atoms with Crippen LogP contribution in [0, 0.1) is 6.92 Å². The van der Waals surface area contributed by atoms with Crippen LogP contribution in [-0.4, -0.2) is 47.1 Å². The van der Waals surface area contributed by atoms with Gasteiger partial charge in [-0.05, 0) is 48.7 Å². The molecular formula is C29H25N3O4S2. The van der Waals surface area contributed by atoms with Crippen molar-refractivity contribution in [3.8, 4) is 5.75 Å². The standard InChI is InChI=1S/C29H25N3O4S2/c1-18-7-3-5-9-22(18)30-24(33)17-32-23-10-6-4-8-21(23)25(27(32)34)26-28(35)31(29(37)38-26)16-15-19-11-13-20(36-2)14-12-19/h3-14H,15-17H2,1-2H3,(H,30,33)/b26-25-. The third kappa shape index (κ3) is 4.94. The normalized spacial score (nSPS) is 16.7. The van der Waals surface area contributed by atoms with Crippen molar-refractivity contribution in [2.75, 3.05) is 30.4 Å². The van der Waals surface area contributed by atoms with Crippen LogP contribution >= 0.6 is 24.0 Å². The predicted molar refractivity (Wildman–Crippen MR) is 154 cm³/mol. The molecule has 0 atom stereocenters. The van der Waals surface area contributed by atoms with Crippen molar-refractivity contribution in [2.45, 2.75) is 13.3 Å². The lowest BCUT2D eigenvalue weighted by molar-refractivity contribution is -0.122. The Bertz CT molecular complexity index is 1480. The Morgan fingerprint density at radius 1 is 0.947 bits per heavy atom. The van der Waals surface area contributed by atoms with Gasteiger partial charge in [0.25, 0.3) is 11.8 Å². The first-order valence-electron chi connectivity index (χ1n) is 12.0. The Hall–Kier alpha value is -3.95. The maximum atomic E-state index is 13.7. The fourth-order valence-electron chi connectivity index (χ4n) is 4.48. The molecule has 5 rings (SSSR count). The molecule has 1 N–H and O–H groups in total. The smallest absolute Gasteiger partial charge is 0.267 e. The van der Waals surface area contributed by atoms with E-state index in [1.165, 1.54) is 9.80 Å². The maximum Gasteiger partial charge on any atom is 0.267 e. The number of rotatable bonds is 7. The molecule has 0 aromatic heterocycles. The monoisotopic (exact) mass is 543 g/mol. The van der Waals surface area contributed by atoms with E-state index in [-0.39, 0.29) is 29.8 Å². The zero-order valence-corrected chi connectivity index (χ0v) is 22.5. The van der Waals surface area contributed by atoms with Gasteiger partial charge in [0.15, 0.2) is 0 Å². The van der Waals surface area contributed by atoms with Crippen LogP contribution in [0.25, 0.3) is 5.57 Å². The molecular weight excluding hydrogens is 518 g/mol. The van der Waals surface area contributed by atoms with Gasteiger partial charge in [-0.2, -0.15) is 0 Å². The lowest BCUT2D eigenvalue weighted by Crippen LogP contribution is -2.36. The summed E-state index contributed by atoms with van der Waals surface area (Å²) in [5.41, 5.74) is 4.16. The van der Waals surface area contributed by atoms with Gasteiger partial charge in [0.2, 0.25) is 5.91 Å². The van der Waals surface area contributed by atoms with E-state index in [1.54, 1.807) is 25.3 Å². The minimum atomic E-state index is -0.387. The minimum absolute atomic E-state index is 0.175. The van der Waals surface area contributed by atoms with Crippen molar-refractivity contribution in [1.82, 2.24) is 4.90 Å². The van der Waals surface area contributed by atoms with E-state index in [2.05, 4.69) is 5.32 Å². The maximum absolute atomic E-state index is 13.7. The minimum Gasteiger partial charge on any atom is -0.497 e. The molecule has 0 bridgehead atoms. The lowest BCUT2D eigenvalue weighted by atomic mass is 10.1. The van der Waals surface area contributed by atoms with Crippen LogP contribution in [0.15, 0.2) is 77.7 Å². The van der Waals surface area contributed by atoms with E-state index in [0.29, 0.717) is 39.1 Å². The summed E-state index contributed by atoms with van der Waals surface area (Å²) in [6, 6.07) is 22.3. The Morgan fingerprint density at radius 3 is 2.39 bits per heavy atom. The Morgan fingerprint density at radius 2 is 1.66 bits per heavy atom. The number of carbonyl (C=O) groups is 3. The summed E-state index contributed by atoms with van der Waals surface area (Å²) in [6.07, 6.45) is 0.606. The zero-order chi connectivity index (χ0) is 26.8. The highest BCUT2D eigenvalue weighted by Crippen LogP contribution is 2.44. The van der Waals surface area contributed by atoms with Crippen molar-refractivity contribution in [2.24, 2.45) is 0 Å². The fraction of sp³-hybridized carbons (Fsp3) is 0.172. The summed E-state index contributed by atoms with van der Waals surface area (Å²) in [7, 11) is 1.61. The predicted octanol–water partition coefficient (Wildman–Crippen LogP) is 4.80. The average Bonchev–Trinajstić information content (AvgIpc) is 3.35. The van der Waals surface area contributed by atoms with Crippen molar-refractivity contribution in [3.63, 3.8) is 0 Å². The second kappa shape index (κ2) is 10.8. The Kier molecular flexibility index (Phi) is 7.31. The highest BCUT2D eigenvalue weighted by Gasteiger charge is 2.42. The quantitative estimate of drug-likeness (QED) is 0.341. The molecule has 1 saturated heterocycles. The number of nitrogens with zero attached hydrogens (tertiary/aromatic N) is 2. The number of aryl methyl sites for hydroxylation is 1. The van der Waals surface area contributed by atoms with Gasteiger partial charge in [-0.15, -0.1) is 0 Å². The molecule has 2 aliphatic rings. The molecule has 7 nitrogen and oxygen atoms in total.